The fraction of sp³-hybridized carbons (Fsp3) is 0.262. The molecule has 6 rings (SSSR count). The van der Waals surface area contributed by atoms with Gasteiger partial charge in [0.25, 0.3) is 0 Å². The number of hydrogen-bond donors (Lipinski definition) is 4. The first kappa shape index (κ1) is 38.4. The lowest BCUT2D eigenvalue weighted by atomic mass is 9.84. The maximum Gasteiger partial charge on any atom is 0.242 e. The van der Waals surface area contributed by atoms with Gasteiger partial charge in [0, 0.05) is 28.7 Å². The molecule has 0 saturated carbocycles. The first-order valence-corrected chi connectivity index (χ1v) is 20.2. The molecule has 0 aliphatic carbocycles. The molecule has 1 unspecified atom stereocenters. The number of aryl methyl sites for hydroxylation is 1. The molecule has 1 saturated heterocycles. The van der Waals surface area contributed by atoms with Crippen LogP contribution < -0.4 is 10.0 Å². The molecule has 276 valence electrons. The predicted molar refractivity (Wildman–Crippen MR) is 208 cm³/mol. The molecule has 5 atom stereocenters. The third kappa shape index (κ3) is 10.0. The average molecular weight is 753 g/mol. The van der Waals surface area contributed by atoms with E-state index in [4.69, 9.17) is 9.47 Å². The van der Waals surface area contributed by atoms with E-state index in [2.05, 4.69) is 22.2 Å². The Kier molecular flexibility index (Phi) is 13.1. The van der Waals surface area contributed by atoms with Gasteiger partial charge in [0.2, 0.25) is 15.9 Å². The Balaban J connectivity index is 1.28. The highest BCUT2D eigenvalue weighted by atomic mass is 32.2. The van der Waals surface area contributed by atoms with Crippen molar-refractivity contribution in [3.05, 3.63) is 167 Å². The molecule has 0 spiro atoms. The van der Waals surface area contributed by atoms with Crippen molar-refractivity contribution in [1.82, 2.24) is 4.72 Å². The van der Waals surface area contributed by atoms with E-state index in [0.717, 1.165) is 27.8 Å². The van der Waals surface area contributed by atoms with Gasteiger partial charge in [-0.05, 0) is 59.9 Å². The van der Waals surface area contributed by atoms with Crippen LogP contribution in [0.4, 0.5) is 5.69 Å². The number of nitrogens with one attached hydrogen (secondary N) is 2. The number of benzene rings is 5. The summed E-state index contributed by atoms with van der Waals surface area (Å²) in [7, 11) is -4.02. The molecule has 1 amide bonds. The Bertz CT molecular complexity index is 2030. The van der Waals surface area contributed by atoms with Crippen LogP contribution in [0.1, 0.15) is 51.7 Å². The van der Waals surface area contributed by atoms with E-state index in [0.29, 0.717) is 22.8 Å². The molecule has 4 N–H and O–H groups in total. The molecule has 5 aromatic rings. The Labute approximate surface area is 315 Å². The Morgan fingerprint density at radius 1 is 0.774 bits per heavy atom. The van der Waals surface area contributed by atoms with Crippen LogP contribution in [-0.4, -0.2) is 54.8 Å². The van der Waals surface area contributed by atoms with E-state index in [-0.39, 0.29) is 36.6 Å². The minimum atomic E-state index is -4.02. The van der Waals surface area contributed by atoms with Gasteiger partial charge in [0.15, 0.2) is 6.29 Å². The standard InChI is InChI=1S/C42H44N2O7S2/c1-29-15-21-36(22-16-29)53(48,49)44-37(25-30-9-4-2-5-10-30)41(47)43-35-14-8-13-34(26-35)42-50-38(28-52-24-23-45)39(32-11-6-3-7-12-32)40(51-42)33-19-17-31(27-46)18-20-33/h2-22,26,37-40,42,44-46H,23-25,27-28H2,1H3,(H,43,47)/t37-,38-,39-,40+,42?/m1/s1. The fourth-order valence-electron chi connectivity index (χ4n) is 6.42. The number of anilines is 1. The van der Waals surface area contributed by atoms with Crippen LogP contribution in [0.15, 0.2) is 138 Å². The largest absolute Gasteiger partial charge is 0.396 e. The highest BCUT2D eigenvalue weighted by molar-refractivity contribution is 7.99. The second-order valence-electron chi connectivity index (χ2n) is 13.0. The van der Waals surface area contributed by atoms with Crippen molar-refractivity contribution in [3.8, 4) is 0 Å². The summed E-state index contributed by atoms with van der Waals surface area (Å²) in [4.78, 5) is 14.0. The van der Waals surface area contributed by atoms with Gasteiger partial charge in [-0.15, -0.1) is 0 Å². The van der Waals surface area contributed by atoms with Gasteiger partial charge in [-0.1, -0.05) is 115 Å². The van der Waals surface area contributed by atoms with Crippen molar-refractivity contribution in [2.75, 3.05) is 23.4 Å². The van der Waals surface area contributed by atoms with E-state index in [1.165, 1.54) is 12.1 Å². The zero-order valence-corrected chi connectivity index (χ0v) is 31.0. The molecule has 0 radical (unpaired) electrons. The van der Waals surface area contributed by atoms with Crippen LogP contribution in [0.2, 0.25) is 0 Å². The number of thioether (sulfide) groups is 1. The van der Waals surface area contributed by atoms with Gasteiger partial charge in [0.05, 0.1) is 30.3 Å². The Hall–Kier alpha value is -4.33. The smallest absolute Gasteiger partial charge is 0.242 e. The number of aliphatic hydroxyl groups excluding tert-OH is 2. The molecular formula is C42H44N2O7S2. The average Bonchev–Trinajstić information content (AvgIpc) is 3.18. The van der Waals surface area contributed by atoms with Gasteiger partial charge in [0.1, 0.15) is 6.04 Å². The highest BCUT2D eigenvalue weighted by Gasteiger charge is 2.42. The van der Waals surface area contributed by atoms with Gasteiger partial charge in [-0.2, -0.15) is 16.5 Å². The summed E-state index contributed by atoms with van der Waals surface area (Å²) in [5.74, 6) is 0.463. The molecule has 1 aliphatic heterocycles. The van der Waals surface area contributed by atoms with Crippen LogP contribution in [0.5, 0.6) is 0 Å². The summed E-state index contributed by atoms with van der Waals surface area (Å²) in [6.45, 7) is 1.85. The number of rotatable bonds is 15. The second-order valence-corrected chi connectivity index (χ2v) is 15.9. The molecule has 1 fully saturated rings. The van der Waals surface area contributed by atoms with Crippen molar-refractivity contribution < 1.29 is 32.9 Å². The maximum atomic E-state index is 13.9. The zero-order chi connectivity index (χ0) is 37.2. The zero-order valence-electron chi connectivity index (χ0n) is 29.4. The van der Waals surface area contributed by atoms with Crippen molar-refractivity contribution in [2.24, 2.45) is 0 Å². The second kappa shape index (κ2) is 18.1. The molecule has 1 aliphatic rings. The lowest BCUT2D eigenvalue weighted by molar-refractivity contribution is -0.255. The van der Waals surface area contributed by atoms with Gasteiger partial charge in [-0.3, -0.25) is 4.79 Å². The van der Waals surface area contributed by atoms with Gasteiger partial charge >= 0.3 is 0 Å². The van der Waals surface area contributed by atoms with Gasteiger partial charge in [-0.25, -0.2) is 8.42 Å². The molecule has 9 nitrogen and oxygen atoms in total. The van der Waals surface area contributed by atoms with E-state index in [1.807, 2.05) is 85.8 Å². The predicted octanol–water partition coefficient (Wildman–Crippen LogP) is 6.68. The number of sulfonamides is 1. The Morgan fingerprint density at radius 3 is 2.13 bits per heavy atom. The maximum absolute atomic E-state index is 13.9. The number of aliphatic hydroxyl groups is 2. The lowest BCUT2D eigenvalue weighted by Gasteiger charge is -2.43. The van der Waals surface area contributed by atoms with Crippen LogP contribution in [0.25, 0.3) is 0 Å². The van der Waals surface area contributed by atoms with E-state index >= 15 is 0 Å². The van der Waals surface area contributed by atoms with Crippen LogP contribution in [-0.2, 0) is 37.3 Å². The summed E-state index contributed by atoms with van der Waals surface area (Å²) in [6.07, 6.45) is -1.40. The first-order chi connectivity index (χ1) is 25.7. The lowest BCUT2D eigenvalue weighted by Crippen LogP contribution is -2.45. The topological polar surface area (TPSA) is 134 Å². The summed E-state index contributed by atoms with van der Waals surface area (Å²) in [6, 6.07) is 39.6. The van der Waals surface area contributed by atoms with Crippen molar-refractivity contribution in [2.45, 2.75) is 55.3 Å². The Morgan fingerprint density at radius 2 is 1.45 bits per heavy atom. The summed E-state index contributed by atoms with van der Waals surface area (Å²) in [5.41, 5.74) is 5.61. The van der Waals surface area contributed by atoms with Crippen molar-refractivity contribution in [1.29, 1.82) is 0 Å². The summed E-state index contributed by atoms with van der Waals surface area (Å²) < 4.78 is 43.0. The monoisotopic (exact) mass is 752 g/mol. The minimum Gasteiger partial charge on any atom is -0.396 e. The van der Waals surface area contributed by atoms with E-state index < -0.39 is 34.4 Å². The van der Waals surface area contributed by atoms with Gasteiger partial charge < -0.3 is 25.0 Å². The van der Waals surface area contributed by atoms with E-state index in [1.54, 1.807) is 42.1 Å². The normalized spacial score (nSPS) is 19.4. The molecule has 11 heteroatoms. The van der Waals surface area contributed by atoms with Crippen LogP contribution in [0, 0.1) is 6.92 Å². The molecule has 5 aromatic carbocycles. The van der Waals surface area contributed by atoms with Crippen molar-refractivity contribution >= 4 is 33.4 Å². The summed E-state index contributed by atoms with van der Waals surface area (Å²) in [5, 5.41) is 22.2. The molecule has 0 bridgehead atoms. The number of carbonyl (C=O) groups excluding carboxylic acids is 1. The summed E-state index contributed by atoms with van der Waals surface area (Å²) >= 11 is 1.60. The number of hydrogen-bond acceptors (Lipinski definition) is 8. The van der Waals surface area contributed by atoms with Crippen molar-refractivity contribution in [3.63, 3.8) is 0 Å². The SMILES string of the molecule is Cc1ccc(S(=O)(=O)N[C@H](Cc2ccccc2)C(=O)Nc2cccc(C3O[C@H](CSCCO)[C@@H](c4ccccc4)[C@H](c4ccc(CO)cc4)O3)c2)cc1. The molecule has 0 aromatic heterocycles. The quantitative estimate of drug-likeness (QED) is 0.0871. The molecular weight excluding hydrogens is 709 g/mol. The van der Waals surface area contributed by atoms with E-state index in [9.17, 15) is 23.4 Å². The number of amides is 1. The fourth-order valence-corrected chi connectivity index (χ4v) is 8.43. The minimum absolute atomic E-state index is 0.0492. The van der Waals surface area contributed by atoms with Crippen LogP contribution in [0.3, 0.4) is 0 Å². The van der Waals surface area contributed by atoms with Crippen LogP contribution >= 0.6 is 11.8 Å². The molecule has 53 heavy (non-hydrogen) atoms. The first-order valence-electron chi connectivity index (χ1n) is 17.5. The third-order valence-corrected chi connectivity index (χ3v) is 11.7. The highest BCUT2D eigenvalue weighted by Crippen LogP contribution is 2.47. The number of ether oxygens (including phenoxy) is 2. The molecule has 1 heterocycles. The number of carbonyl (C=O) groups is 1. The third-order valence-electron chi connectivity index (χ3n) is 9.14.